The molecule has 1 aromatic heterocycles. The fourth-order valence-corrected chi connectivity index (χ4v) is 5.06. The Bertz CT molecular complexity index is 1090. The van der Waals surface area contributed by atoms with Gasteiger partial charge in [0, 0.05) is 24.8 Å². The van der Waals surface area contributed by atoms with E-state index in [9.17, 15) is 18.0 Å². The second-order valence-electron chi connectivity index (χ2n) is 7.06. The normalized spacial score (nSPS) is 19.4. The lowest BCUT2D eigenvalue weighted by Crippen LogP contribution is -2.34. The molecule has 1 aromatic carbocycles. The molecule has 0 saturated carbocycles. The van der Waals surface area contributed by atoms with E-state index in [0.717, 1.165) is 12.8 Å². The van der Waals surface area contributed by atoms with E-state index < -0.39 is 22.0 Å². The number of hydrogen-bond donors (Lipinski definition) is 2. The van der Waals surface area contributed by atoms with Crippen molar-refractivity contribution in [3.63, 3.8) is 0 Å². The molecule has 2 aromatic rings. The van der Waals surface area contributed by atoms with Gasteiger partial charge >= 0.3 is 0 Å². The van der Waals surface area contributed by atoms with E-state index in [0.29, 0.717) is 30.2 Å². The van der Waals surface area contributed by atoms with Crippen molar-refractivity contribution in [2.24, 2.45) is 0 Å². The lowest BCUT2D eigenvalue weighted by Gasteiger charge is -2.23. The van der Waals surface area contributed by atoms with Crippen LogP contribution in [-0.4, -0.2) is 43.7 Å². The first-order valence-corrected chi connectivity index (χ1v) is 10.7. The monoisotopic (exact) mass is 419 g/mol. The van der Waals surface area contributed by atoms with Crippen LogP contribution in [-0.2, 0) is 14.8 Å². The number of sulfonamides is 1. The van der Waals surface area contributed by atoms with Gasteiger partial charge < -0.3 is 19.8 Å². The lowest BCUT2D eigenvalue weighted by molar-refractivity contribution is -0.122. The Kier molecular flexibility index (Phi) is 4.83. The van der Waals surface area contributed by atoms with Gasteiger partial charge in [0.15, 0.2) is 11.9 Å². The third-order valence-corrected chi connectivity index (χ3v) is 6.95. The van der Waals surface area contributed by atoms with Crippen LogP contribution in [0.25, 0.3) is 0 Å². The second-order valence-corrected chi connectivity index (χ2v) is 8.96. The minimum atomic E-state index is -3.68. The number of ether oxygens (including phenoxy) is 1. The SMILES string of the molecule is Cc1oc(C(=O)Nc2ccc3c(c2)NC(=O)C(C)O3)cc1S(=O)(=O)N1CCCC1. The molecule has 0 radical (unpaired) electrons. The minimum absolute atomic E-state index is 0.00430. The van der Waals surface area contributed by atoms with Crippen molar-refractivity contribution >= 4 is 33.2 Å². The maximum atomic E-state index is 12.7. The van der Waals surface area contributed by atoms with Crippen molar-refractivity contribution in [2.45, 2.75) is 37.7 Å². The van der Waals surface area contributed by atoms with Gasteiger partial charge in [0.1, 0.15) is 16.4 Å². The molecule has 29 heavy (non-hydrogen) atoms. The summed E-state index contributed by atoms with van der Waals surface area (Å²) >= 11 is 0. The van der Waals surface area contributed by atoms with Crippen molar-refractivity contribution in [2.75, 3.05) is 23.7 Å². The van der Waals surface area contributed by atoms with Crippen LogP contribution in [0, 0.1) is 6.92 Å². The average Bonchev–Trinajstić information content (AvgIpc) is 3.33. The van der Waals surface area contributed by atoms with Crippen molar-refractivity contribution < 1.29 is 27.2 Å². The molecule has 1 saturated heterocycles. The van der Waals surface area contributed by atoms with Crippen LogP contribution in [0.15, 0.2) is 33.6 Å². The summed E-state index contributed by atoms with van der Waals surface area (Å²) in [6, 6.07) is 6.08. The van der Waals surface area contributed by atoms with E-state index >= 15 is 0 Å². The molecule has 1 unspecified atom stereocenters. The number of fused-ring (bicyclic) bond motifs is 1. The molecular formula is C19H21N3O6S. The number of benzene rings is 1. The zero-order chi connectivity index (χ0) is 20.8. The van der Waals surface area contributed by atoms with Crippen LogP contribution < -0.4 is 15.4 Å². The molecule has 2 N–H and O–H groups in total. The van der Waals surface area contributed by atoms with E-state index in [1.807, 2.05) is 0 Å². The molecule has 1 atom stereocenters. The first kappa shape index (κ1) is 19.5. The van der Waals surface area contributed by atoms with Crippen molar-refractivity contribution in [1.82, 2.24) is 4.31 Å². The highest BCUT2D eigenvalue weighted by Crippen LogP contribution is 2.32. The lowest BCUT2D eigenvalue weighted by atomic mass is 10.2. The third-order valence-electron chi connectivity index (χ3n) is 4.95. The Hall–Kier alpha value is -2.85. The Morgan fingerprint density at radius 2 is 1.97 bits per heavy atom. The molecule has 10 heteroatoms. The van der Waals surface area contributed by atoms with Gasteiger partial charge in [0.05, 0.1) is 5.69 Å². The van der Waals surface area contributed by atoms with Gasteiger partial charge in [-0.1, -0.05) is 0 Å². The number of nitrogens with one attached hydrogen (secondary N) is 2. The first-order valence-electron chi connectivity index (χ1n) is 9.29. The van der Waals surface area contributed by atoms with Crippen LogP contribution in [0.3, 0.4) is 0 Å². The molecule has 1 fully saturated rings. The van der Waals surface area contributed by atoms with Gasteiger partial charge in [-0.2, -0.15) is 4.31 Å². The Balaban J connectivity index is 1.54. The smallest absolute Gasteiger partial charge is 0.291 e. The molecule has 0 bridgehead atoms. The number of carbonyl (C=O) groups excluding carboxylic acids is 2. The topological polar surface area (TPSA) is 118 Å². The molecule has 2 aliphatic heterocycles. The molecule has 4 rings (SSSR count). The molecule has 2 aliphatic rings. The maximum Gasteiger partial charge on any atom is 0.291 e. The molecule has 154 valence electrons. The molecule has 9 nitrogen and oxygen atoms in total. The zero-order valence-corrected chi connectivity index (χ0v) is 16.8. The fourth-order valence-electron chi connectivity index (χ4n) is 3.38. The standard InChI is InChI=1S/C19H21N3O6S/c1-11-17(29(25,26)22-7-3-4-8-22)10-16(27-11)19(24)20-13-5-6-15-14(9-13)21-18(23)12(2)28-15/h5-6,9-10,12H,3-4,7-8H2,1-2H3,(H,20,24)(H,21,23). The van der Waals surface area contributed by atoms with Crippen molar-refractivity contribution in [1.29, 1.82) is 0 Å². The van der Waals surface area contributed by atoms with E-state index in [-0.39, 0.29) is 22.3 Å². The maximum absolute atomic E-state index is 12.7. The van der Waals surface area contributed by atoms with Crippen LogP contribution in [0.1, 0.15) is 36.1 Å². The molecular weight excluding hydrogens is 398 g/mol. The zero-order valence-electron chi connectivity index (χ0n) is 16.0. The van der Waals surface area contributed by atoms with Gasteiger partial charge in [-0.25, -0.2) is 8.42 Å². The van der Waals surface area contributed by atoms with E-state index in [2.05, 4.69) is 10.6 Å². The third kappa shape index (κ3) is 3.60. The summed E-state index contributed by atoms with van der Waals surface area (Å²) in [7, 11) is -3.68. The highest BCUT2D eigenvalue weighted by atomic mass is 32.2. The van der Waals surface area contributed by atoms with Crippen molar-refractivity contribution in [3.8, 4) is 5.75 Å². The Morgan fingerprint density at radius 1 is 1.24 bits per heavy atom. The van der Waals surface area contributed by atoms with Crippen LogP contribution >= 0.6 is 0 Å². The quantitative estimate of drug-likeness (QED) is 0.785. The van der Waals surface area contributed by atoms with E-state index in [4.69, 9.17) is 9.15 Å². The summed E-state index contributed by atoms with van der Waals surface area (Å²) < 4.78 is 37.8. The number of amides is 2. The largest absolute Gasteiger partial charge is 0.479 e. The first-order chi connectivity index (χ1) is 13.8. The van der Waals surface area contributed by atoms with E-state index in [1.54, 1.807) is 25.1 Å². The van der Waals surface area contributed by atoms with E-state index in [1.165, 1.54) is 17.3 Å². The number of carbonyl (C=O) groups is 2. The van der Waals surface area contributed by atoms with Gasteiger partial charge in [0.2, 0.25) is 10.0 Å². The molecule has 3 heterocycles. The predicted molar refractivity (Wildman–Crippen MR) is 105 cm³/mol. The minimum Gasteiger partial charge on any atom is -0.479 e. The van der Waals surface area contributed by atoms with Gasteiger partial charge in [0.25, 0.3) is 11.8 Å². The Labute approximate surface area is 168 Å². The van der Waals surface area contributed by atoms with Crippen LogP contribution in [0.4, 0.5) is 11.4 Å². The number of anilines is 2. The Morgan fingerprint density at radius 3 is 2.69 bits per heavy atom. The van der Waals surface area contributed by atoms with Crippen molar-refractivity contribution in [3.05, 3.63) is 35.8 Å². The number of furan rings is 1. The highest BCUT2D eigenvalue weighted by Gasteiger charge is 2.32. The highest BCUT2D eigenvalue weighted by molar-refractivity contribution is 7.89. The molecule has 0 spiro atoms. The van der Waals surface area contributed by atoms with Crippen LogP contribution in [0.5, 0.6) is 5.75 Å². The second kappa shape index (κ2) is 7.20. The summed E-state index contributed by atoms with van der Waals surface area (Å²) in [5, 5.41) is 5.35. The molecule has 0 aliphatic carbocycles. The number of hydrogen-bond acceptors (Lipinski definition) is 6. The number of nitrogens with zero attached hydrogens (tertiary/aromatic N) is 1. The van der Waals surface area contributed by atoms with Gasteiger partial charge in [-0.3, -0.25) is 9.59 Å². The summed E-state index contributed by atoms with van der Waals surface area (Å²) in [6.45, 7) is 4.10. The summed E-state index contributed by atoms with van der Waals surface area (Å²) in [5.41, 5.74) is 0.851. The number of aryl methyl sites for hydroxylation is 1. The van der Waals surface area contributed by atoms with Gasteiger partial charge in [-0.05, 0) is 44.9 Å². The summed E-state index contributed by atoms with van der Waals surface area (Å²) in [4.78, 5) is 24.3. The van der Waals surface area contributed by atoms with Crippen LogP contribution in [0.2, 0.25) is 0 Å². The number of rotatable bonds is 4. The van der Waals surface area contributed by atoms with Gasteiger partial charge in [-0.15, -0.1) is 0 Å². The summed E-state index contributed by atoms with van der Waals surface area (Å²) in [5.74, 6) is -0.302. The predicted octanol–water partition coefficient (Wildman–Crippen LogP) is 2.34. The summed E-state index contributed by atoms with van der Waals surface area (Å²) in [6.07, 6.45) is 1.05. The molecule has 2 amide bonds. The fraction of sp³-hybridized carbons (Fsp3) is 0.368. The average molecular weight is 419 g/mol.